The second-order valence-electron chi connectivity index (χ2n) is 8.89. The highest BCUT2D eigenvalue weighted by atomic mass is 35.5. The first-order valence-electron chi connectivity index (χ1n) is 12.1. The van der Waals surface area contributed by atoms with Crippen LogP contribution in [0.2, 0.25) is 5.02 Å². The first kappa shape index (κ1) is 25.1. The molecule has 0 radical (unpaired) electrons. The van der Waals surface area contributed by atoms with Crippen LogP contribution >= 0.6 is 11.6 Å². The maximum atomic E-state index is 13.8. The molecule has 0 aliphatic carbocycles. The summed E-state index contributed by atoms with van der Waals surface area (Å²) >= 11 is 6.28. The number of ether oxygens (including phenoxy) is 2. The largest absolute Gasteiger partial charge is 0.495 e. The van der Waals surface area contributed by atoms with Gasteiger partial charge in [-0.15, -0.1) is 0 Å². The standard InChI is InChI=1S/C24H31ClN6O4S/c1-26-19-14-21(29-24-23(19)17(25)15-27-24)28-18-7-6-16(13-20(18)34-2)36(32,33)31-8-4-3-5-22(31)30-9-11-35-12-10-30/h6-7,13-15,22H,3-5,8-12H2,1-2H3,(H3,26,27,28,29). The van der Waals surface area contributed by atoms with Crippen LogP contribution in [0.15, 0.2) is 35.4 Å². The number of pyridine rings is 1. The summed E-state index contributed by atoms with van der Waals surface area (Å²) in [6.07, 6.45) is 4.22. The lowest BCUT2D eigenvalue weighted by molar-refractivity contribution is -0.0215. The third kappa shape index (κ3) is 4.73. The van der Waals surface area contributed by atoms with Crippen molar-refractivity contribution in [3.63, 3.8) is 0 Å². The number of sulfonamides is 1. The van der Waals surface area contributed by atoms with Gasteiger partial charge in [-0.05, 0) is 31.4 Å². The number of hydrogen-bond donors (Lipinski definition) is 3. The van der Waals surface area contributed by atoms with Gasteiger partial charge in [0, 0.05) is 45.0 Å². The number of aromatic nitrogens is 2. The highest BCUT2D eigenvalue weighted by Gasteiger charge is 2.37. The number of anilines is 3. The fraction of sp³-hybridized carbons (Fsp3) is 0.458. The van der Waals surface area contributed by atoms with E-state index in [2.05, 4.69) is 25.5 Å². The van der Waals surface area contributed by atoms with Crippen LogP contribution in [0.5, 0.6) is 5.75 Å². The van der Waals surface area contributed by atoms with E-state index in [0.29, 0.717) is 47.7 Å². The molecule has 3 aromatic rings. The minimum Gasteiger partial charge on any atom is -0.495 e. The molecule has 3 N–H and O–H groups in total. The molecule has 0 amide bonds. The Labute approximate surface area is 216 Å². The summed E-state index contributed by atoms with van der Waals surface area (Å²) in [5.41, 5.74) is 2.05. The maximum Gasteiger partial charge on any atom is 0.244 e. The zero-order valence-corrected chi connectivity index (χ0v) is 22.0. The predicted molar refractivity (Wildman–Crippen MR) is 141 cm³/mol. The molecule has 1 aromatic carbocycles. The van der Waals surface area contributed by atoms with E-state index < -0.39 is 10.0 Å². The molecule has 2 aliphatic heterocycles. The smallest absolute Gasteiger partial charge is 0.244 e. The first-order chi connectivity index (χ1) is 17.4. The third-order valence-electron chi connectivity index (χ3n) is 6.80. The summed E-state index contributed by atoms with van der Waals surface area (Å²) in [6.45, 7) is 3.23. The minimum absolute atomic E-state index is 0.153. The summed E-state index contributed by atoms with van der Waals surface area (Å²) in [6, 6.07) is 6.75. The monoisotopic (exact) mass is 534 g/mol. The van der Waals surface area contributed by atoms with E-state index in [1.165, 1.54) is 7.11 Å². The molecule has 5 rings (SSSR count). The van der Waals surface area contributed by atoms with Crippen molar-refractivity contribution in [2.75, 3.05) is 57.6 Å². The number of benzene rings is 1. The molecule has 36 heavy (non-hydrogen) atoms. The third-order valence-corrected chi connectivity index (χ3v) is 8.99. The molecule has 4 heterocycles. The van der Waals surface area contributed by atoms with Crippen LogP contribution in [0.3, 0.4) is 0 Å². The second-order valence-corrected chi connectivity index (χ2v) is 11.2. The van der Waals surface area contributed by atoms with Gasteiger partial charge in [0.1, 0.15) is 17.2 Å². The van der Waals surface area contributed by atoms with Gasteiger partial charge in [0.25, 0.3) is 0 Å². The average Bonchev–Trinajstić information content (AvgIpc) is 3.29. The van der Waals surface area contributed by atoms with Crippen molar-refractivity contribution in [1.29, 1.82) is 0 Å². The summed E-state index contributed by atoms with van der Waals surface area (Å²) < 4.78 is 40.2. The van der Waals surface area contributed by atoms with Crippen molar-refractivity contribution < 1.29 is 17.9 Å². The predicted octanol–water partition coefficient (Wildman–Crippen LogP) is 3.84. The van der Waals surface area contributed by atoms with E-state index in [0.717, 1.165) is 43.4 Å². The molecule has 194 valence electrons. The van der Waals surface area contributed by atoms with E-state index in [9.17, 15) is 8.42 Å². The van der Waals surface area contributed by atoms with E-state index in [1.54, 1.807) is 28.7 Å². The Kier molecular flexibility index (Phi) is 7.27. The molecule has 2 saturated heterocycles. The van der Waals surface area contributed by atoms with Gasteiger partial charge >= 0.3 is 0 Å². The lowest BCUT2D eigenvalue weighted by Gasteiger charge is -2.43. The van der Waals surface area contributed by atoms with E-state index in [1.807, 2.05) is 13.1 Å². The lowest BCUT2D eigenvalue weighted by atomic mass is 10.1. The maximum absolute atomic E-state index is 13.8. The Morgan fingerprint density at radius 1 is 1.17 bits per heavy atom. The molecule has 1 atom stereocenters. The van der Waals surface area contributed by atoms with Crippen molar-refractivity contribution in [3.8, 4) is 5.75 Å². The zero-order chi connectivity index (χ0) is 25.3. The molecular formula is C24H31ClN6O4S. The van der Waals surface area contributed by atoms with Crippen LogP contribution in [0.25, 0.3) is 11.0 Å². The highest BCUT2D eigenvalue weighted by Crippen LogP contribution is 2.36. The fourth-order valence-corrected chi connectivity index (χ4v) is 6.91. The number of nitrogens with one attached hydrogen (secondary N) is 3. The quantitative estimate of drug-likeness (QED) is 0.419. The van der Waals surface area contributed by atoms with Crippen molar-refractivity contribution in [2.45, 2.75) is 30.3 Å². The molecule has 0 bridgehead atoms. The first-order valence-corrected chi connectivity index (χ1v) is 13.9. The molecule has 2 aromatic heterocycles. The van der Waals surface area contributed by atoms with Crippen LogP contribution in [0.1, 0.15) is 19.3 Å². The molecule has 2 fully saturated rings. The average molecular weight is 535 g/mol. The summed E-state index contributed by atoms with van der Waals surface area (Å²) in [5.74, 6) is 0.969. The number of methoxy groups -OCH3 is 1. The number of fused-ring (bicyclic) bond motifs is 1. The molecule has 10 nitrogen and oxygen atoms in total. The van der Waals surface area contributed by atoms with E-state index >= 15 is 0 Å². The van der Waals surface area contributed by atoms with Crippen molar-refractivity contribution in [1.82, 2.24) is 19.2 Å². The number of H-pyrrole nitrogens is 1. The molecule has 0 saturated carbocycles. The van der Waals surface area contributed by atoms with Crippen LogP contribution in [-0.4, -0.2) is 80.8 Å². The zero-order valence-electron chi connectivity index (χ0n) is 20.4. The number of hydrogen-bond acceptors (Lipinski definition) is 8. The topological polar surface area (TPSA) is 112 Å². The van der Waals surface area contributed by atoms with Gasteiger partial charge in [0.05, 0.1) is 53.2 Å². The Bertz CT molecular complexity index is 1340. The fourth-order valence-electron chi connectivity index (χ4n) is 4.97. The van der Waals surface area contributed by atoms with Gasteiger partial charge in [0.2, 0.25) is 10.0 Å². The summed E-state index contributed by atoms with van der Waals surface area (Å²) in [4.78, 5) is 10.1. The molecule has 2 aliphatic rings. The van der Waals surface area contributed by atoms with E-state index in [-0.39, 0.29) is 11.1 Å². The van der Waals surface area contributed by atoms with Crippen LogP contribution < -0.4 is 15.4 Å². The van der Waals surface area contributed by atoms with Crippen LogP contribution in [0, 0.1) is 0 Å². The van der Waals surface area contributed by atoms with Gasteiger partial charge < -0.3 is 25.1 Å². The van der Waals surface area contributed by atoms with Crippen LogP contribution in [0.4, 0.5) is 17.2 Å². The molecule has 1 unspecified atom stereocenters. The number of piperidine rings is 1. The molecule has 0 spiro atoms. The summed E-state index contributed by atoms with van der Waals surface area (Å²) in [5, 5.41) is 7.76. The van der Waals surface area contributed by atoms with Crippen molar-refractivity contribution in [2.24, 2.45) is 0 Å². The van der Waals surface area contributed by atoms with Crippen LogP contribution in [-0.2, 0) is 14.8 Å². The second kappa shape index (κ2) is 10.4. The van der Waals surface area contributed by atoms with Gasteiger partial charge in [-0.2, -0.15) is 4.31 Å². The Hall–Kier alpha value is -2.57. The number of morpholine rings is 1. The minimum atomic E-state index is -3.72. The highest BCUT2D eigenvalue weighted by molar-refractivity contribution is 7.89. The molecule has 12 heteroatoms. The number of aromatic amines is 1. The van der Waals surface area contributed by atoms with Gasteiger partial charge in [-0.1, -0.05) is 11.6 Å². The molecular weight excluding hydrogens is 504 g/mol. The number of rotatable bonds is 7. The number of halogens is 1. The Morgan fingerprint density at radius 2 is 1.97 bits per heavy atom. The Morgan fingerprint density at radius 3 is 2.72 bits per heavy atom. The summed E-state index contributed by atoms with van der Waals surface area (Å²) in [7, 11) is -0.387. The Balaban J connectivity index is 1.43. The van der Waals surface area contributed by atoms with E-state index in [4.69, 9.17) is 21.1 Å². The van der Waals surface area contributed by atoms with Gasteiger partial charge in [0.15, 0.2) is 0 Å². The van der Waals surface area contributed by atoms with Crippen molar-refractivity contribution >= 4 is 49.9 Å². The SMILES string of the molecule is CNc1cc(Nc2ccc(S(=O)(=O)N3CCCCC3N3CCOCC3)cc2OC)nc2[nH]cc(Cl)c12. The van der Waals surface area contributed by atoms with Crippen molar-refractivity contribution in [3.05, 3.63) is 35.5 Å². The normalized spacial score (nSPS) is 19.9. The van der Waals surface area contributed by atoms with Gasteiger partial charge in [-0.3, -0.25) is 4.90 Å². The number of nitrogens with zero attached hydrogens (tertiary/aromatic N) is 3. The lowest BCUT2D eigenvalue weighted by Crippen LogP contribution is -2.55. The van der Waals surface area contributed by atoms with Gasteiger partial charge in [-0.25, -0.2) is 13.4 Å².